The van der Waals surface area contributed by atoms with Crippen molar-refractivity contribution in [1.82, 2.24) is 4.98 Å². The molecule has 2 aromatic carbocycles. The van der Waals surface area contributed by atoms with Crippen LogP contribution in [0.5, 0.6) is 11.5 Å². The number of aromatic nitrogens is 1. The molecule has 3 aromatic rings. The fourth-order valence-corrected chi connectivity index (χ4v) is 3.56. The molecule has 1 aliphatic heterocycles. The summed E-state index contributed by atoms with van der Waals surface area (Å²) < 4.78 is 10.5. The number of amides is 1. The first-order chi connectivity index (χ1) is 14.2. The van der Waals surface area contributed by atoms with Gasteiger partial charge in [-0.05, 0) is 35.7 Å². The maximum Gasteiger partial charge on any atom is 0.257 e. The summed E-state index contributed by atoms with van der Waals surface area (Å²) in [4.78, 5) is 19.3. The van der Waals surface area contributed by atoms with Crippen molar-refractivity contribution in [2.45, 2.75) is 13.0 Å². The molecule has 1 N–H and O–H groups in total. The molecule has 0 unspecified atom stereocenters. The van der Waals surface area contributed by atoms with E-state index >= 15 is 0 Å². The molecule has 6 nitrogen and oxygen atoms in total. The molecule has 6 heteroatoms. The normalized spacial score (nSPS) is 12.8. The number of carbonyl (C=O) groups is 1. The second-order valence-corrected chi connectivity index (χ2v) is 6.90. The van der Waals surface area contributed by atoms with Gasteiger partial charge < -0.3 is 19.7 Å². The number of nitrogens with one attached hydrogen (secondary N) is 1. The minimum atomic E-state index is -0.219. The lowest BCUT2D eigenvalue weighted by Crippen LogP contribution is -2.30. The summed E-state index contributed by atoms with van der Waals surface area (Å²) in [5.74, 6) is 0.952. The Kier molecular flexibility index (Phi) is 5.33. The lowest BCUT2D eigenvalue weighted by Gasteiger charge is -2.30. The number of carbonyl (C=O) groups excluding carboxylic acids is 1. The predicted molar refractivity (Wildman–Crippen MR) is 113 cm³/mol. The van der Waals surface area contributed by atoms with Crippen LogP contribution in [0.4, 0.5) is 11.4 Å². The van der Waals surface area contributed by atoms with Crippen molar-refractivity contribution < 1.29 is 14.3 Å². The smallest absolute Gasteiger partial charge is 0.257 e. The predicted octanol–water partition coefficient (Wildman–Crippen LogP) is 3.91. The zero-order chi connectivity index (χ0) is 20.2. The van der Waals surface area contributed by atoms with Crippen LogP contribution in [0.3, 0.4) is 0 Å². The van der Waals surface area contributed by atoms with Gasteiger partial charge in [-0.3, -0.25) is 9.78 Å². The molecular formula is C23H23N3O3. The number of hydrogen-bond acceptors (Lipinski definition) is 5. The van der Waals surface area contributed by atoms with Crippen LogP contribution in [0.2, 0.25) is 0 Å². The van der Waals surface area contributed by atoms with Gasteiger partial charge in [-0.15, -0.1) is 0 Å². The van der Waals surface area contributed by atoms with Gasteiger partial charge in [-0.1, -0.05) is 24.3 Å². The van der Waals surface area contributed by atoms with Crippen LogP contribution in [0, 0.1) is 0 Å². The maximum atomic E-state index is 12.8. The number of methoxy groups -OCH3 is 2. The Morgan fingerprint density at radius 3 is 2.59 bits per heavy atom. The number of fused-ring (bicyclic) bond motifs is 1. The summed E-state index contributed by atoms with van der Waals surface area (Å²) in [5, 5.41) is 2.90. The van der Waals surface area contributed by atoms with Gasteiger partial charge in [0.2, 0.25) is 0 Å². The fraction of sp³-hybridized carbons (Fsp3) is 0.217. The summed E-state index contributed by atoms with van der Waals surface area (Å²) in [6, 6.07) is 15.6. The highest BCUT2D eigenvalue weighted by Gasteiger charge is 2.18. The molecule has 1 aliphatic rings. The van der Waals surface area contributed by atoms with E-state index in [1.807, 2.05) is 6.07 Å². The Morgan fingerprint density at radius 2 is 1.79 bits per heavy atom. The van der Waals surface area contributed by atoms with E-state index in [0.717, 1.165) is 25.2 Å². The maximum absolute atomic E-state index is 12.8. The molecule has 0 fully saturated rings. The van der Waals surface area contributed by atoms with Crippen molar-refractivity contribution in [3.8, 4) is 11.5 Å². The minimum absolute atomic E-state index is 0.219. The van der Waals surface area contributed by atoms with Crippen LogP contribution in [0.1, 0.15) is 21.5 Å². The molecule has 2 heterocycles. The van der Waals surface area contributed by atoms with Gasteiger partial charge in [0.15, 0.2) is 11.5 Å². The van der Waals surface area contributed by atoms with Gasteiger partial charge >= 0.3 is 0 Å². The summed E-state index contributed by atoms with van der Waals surface area (Å²) in [7, 11) is 3.14. The van der Waals surface area contributed by atoms with Gasteiger partial charge in [-0.25, -0.2) is 0 Å². The quantitative estimate of drug-likeness (QED) is 0.717. The third-order valence-corrected chi connectivity index (χ3v) is 5.12. The first-order valence-electron chi connectivity index (χ1n) is 9.48. The number of ether oxygens (including phenoxy) is 2. The summed E-state index contributed by atoms with van der Waals surface area (Å²) >= 11 is 0. The van der Waals surface area contributed by atoms with E-state index in [1.165, 1.54) is 11.1 Å². The van der Waals surface area contributed by atoms with E-state index in [0.29, 0.717) is 22.7 Å². The SMILES string of the molecule is COc1ccc(NC(=O)c2cncc(N3CCc4ccccc4C3)c2)cc1OC. The van der Waals surface area contributed by atoms with E-state index in [9.17, 15) is 4.79 Å². The molecule has 0 radical (unpaired) electrons. The molecule has 4 rings (SSSR count). The number of pyridine rings is 1. The fourth-order valence-electron chi connectivity index (χ4n) is 3.56. The van der Waals surface area contributed by atoms with Crippen molar-refractivity contribution in [2.75, 3.05) is 31.0 Å². The van der Waals surface area contributed by atoms with Crippen LogP contribution in [-0.2, 0) is 13.0 Å². The average molecular weight is 389 g/mol. The van der Waals surface area contributed by atoms with E-state index in [2.05, 4.69) is 39.5 Å². The highest BCUT2D eigenvalue weighted by Crippen LogP contribution is 2.30. The molecular weight excluding hydrogens is 366 g/mol. The topological polar surface area (TPSA) is 63.7 Å². The molecule has 148 valence electrons. The average Bonchev–Trinajstić information content (AvgIpc) is 2.78. The Labute approximate surface area is 170 Å². The molecule has 0 saturated carbocycles. The number of benzene rings is 2. The third-order valence-electron chi connectivity index (χ3n) is 5.12. The number of rotatable bonds is 5. The lowest BCUT2D eigenvalue weighted by molar-refractivity contribution is 0.102. The van der Waals surface area contributed by atoms with Crippen molar-refractivity contribution in [3.63, 3.8) is 0 Å². The zero-order valence-electron chi connectivity index (χ0n) is 16.5. The van der Waals surface area contributed by atoms with Crippen LogP contribution in [0.15, 0.2) is 60.9 Å². The molecule has 0 bridgehead atoms. The number of nitrogens with zero attached hydrogens (tertiary/aromatic N) is 2. The minimum Gasteiger partial charge on any atom is -0.493 e. The largest absolute Gasteiger partial charge is 0.493 e. The lowest BCUT2D eigenvalue weighted by atomic mass is 9.99. The number of anilines is 2. The number of hydrogen-bond donors (Lipinski definition) is 1. The third kappa shape index (κ3) is 4.01. The van der Waals surface area contributed by atoms with Crippen LogP contribution < -0.4 is 19.7 Å². The Morgan fingerprint density at radius 1 is 1.00 bits per heavy atom. The highest BCUT2D eigenvalue weighted by atomic mass is 16.5. The van der Waals surface area contributed by atoms with E-state index < -0.39 is 0 Å². The molecule has 0 aliphatic carbocycles. The van der Waals surface area contributed by atoms with Gasteiger partial charge in [0.25, 0.3) is 5.91 Å². The van der Waals surface area contributed by atoms with Crippen molar-refractivity contribution >= 4 is 17.3 Å². The Bertz CT molecular complexity index is 1040. The second kappa shape index (κ2) is 8.22. The Balaban J connectivity index is 1.51. The first-order valence-corrected chi connectivity index (χ1v) is 9.48. The van der Waals surface area contributed by atoms with Crippen molar-refractivity contribution in [2.24, 2.45) is 0 Å². The zero-order valence-corrected chi connectivity index (χ0v) is 16.5. The van der Waals surface area contributed by atoms with Crippen LogP contribution >= 0.6 is 0 Å². The monoisotopic (exact) mass is 389 g/mol. The van der Waals surface area contributed by atoms with E-state index in [4.69, 9.17) is 9.47 Å². The van der Waals surface area contributed by atoms with Gasteiger partial charge in [-0.2, -0.15) is 0 Å². The Hall–Kier alpha value is -3.54. The van der Waals surface area contributed by atoms with Gasteiger partial charge in [0, 0.05) is 31.0 Å². The van der Waals surface area contributed by atoms with Gasteiger partial charge in [0.1, 0.15) is 0 Å². The highest BCUT2D eigenvalue weighted by molar-refractivity contribution is 6.04. The molecule has 0 atom stereocenters. The van der Waals surface area contributed by atoms with Crippen LogP contribution in [0.25, 0.3) is 0 Å². The second-order valence-electron chi connectivity index (χ2n) is 6.90. The summed E-state index contributed by atoms with van der Waals surface area (Å²) in [5.41, 5.74) is 4.79. The molecule has 1 aromatic heterocycles. The molecule has 0 saturated heterocycles. The van der Waals surface area contributed by atoms with Gasteiger partial charge in [0.05, 0.1) is 31.7 Å². The standard InChI is InChI=1S/C23H23N3O3/c1-28-21-8-7-19(12-22(21)29-2)25-23(27)18-11-20(14-24-13-18)26-10-9-16-5-3-4-6-17(16)15-26/h3-8,11-14H,9-10,15H2,1-2H3,(H,25,27). The summed E-state index contributed by atoms with van der Waals surface area (Å²) in [6.07, 6.45) is 4.37. The van der Waals surface area contributed by atoms with E-state index in [-0.39, 0.29) is 5.91 Å². The molecule has 1 amide bonds. The summed E-state index contributed by atoms with van der Waals surface area (Å²) in [6.45, 7) is 1.72. The first kappa shape index (κ1) is 18.8. The molecule has 29 heavy (non-hydrogen) atoms. The van der Waals surface area contributed by atoms with Crippen LogP contribution in [-0.4, -0.2) is 31.7 Å². The molecule has 0 spiro atoms. The van der Waals surface area contributed by atoms with Crippen molar-refractivity contribution in [1.29, 1.82) is 0 Å². The van der Waals surface area contributed by atoms with Crippen molar-refractivity contribution in [3.05, 3.63) is 77.6 Å². The van der Waals surface area contributed by atoms with E-state index in [1.54, 1.807) is 44.8 Å².